The summed E-state index contributed by atoms with van der Waals surface area (Å²) < 4.78 is 22.6. The molecule has 1 amide bonds. The van der Waals surface area contributed by atoms with Crippen molar-refractivity contribution in [2.75, 3.05) is 6.61 Å². The maximum absolute atomic E-state index is 12.8. The first-order valence-corrected chi connectivity index (χ1v) is 19.9. The third-order valence-electron chi connectivity index (χ3n) is 8.83. The number of hydrogen-bond acceptors (Lipinski definition) is 11. The lowest BCUT2D eigenvalue weighted by atomic mass is 9.85. The Hall–Kier alpha value is -1.22. The van der Waals surface area contributed by atoms with Gasteiger partial charge in [0.15, 0.2) is 0 Å². The van der Waals surface area contributed by atoms with Crippen LogP contribution in [0.25, 0.3) is 0 Å². The third-order valence-corrected chi connectivity index (χ3v) is 9.81. The summed E-state index contributed by atoms with van der Waals surface area (Å²) in [4.78, 5) is 23.1. The molecule has 0 radical (unpaired) electrons. The minimum atomic E-state index is -5.11. The van der Waals surface area contributed by atoms with Gasteiger partial charge in [-0.1, -0.05) is 122 Å². The second-order valence-electron chi connectivity index (χ2n) is 13.3. The molecule has 0 saturated heterocycles. The maximum Gasteiger partial charge on any atom is 0.472 e. The molecule has 13 nitrogen and oxygen atoms in total. The van der Waals surface area contributed by atoms with E-state index in [-0.39, 0.29) is 12.8 Å². The fourth-order valence-corrected chi connectivity index (χ4v) is 6.68. The predicted molar refractivity (Wildman–Crippen MR) is 187 cm³/mol. The van der Waals surface area contributed by atoms with Gasteiger partial charge < -0.3 is 46.0 Å². The molecule has 288 valence electrons. The van der Waals surface area contributed by atoms with Gasteiger partial charge in [-0.25, -0.2) is 4.57 Å². The number of rotatable bonds is 28. The Labute approximate surface area is 293 Å². The van der Waals surface area contributed by atoms with Gasteiger partial charge in [0, 0.05) is 0 Å². The number of allylic oxidation sites excluding steroid dienone is 3. The van der Waals surface area contributed by atoms with Gasteiger partial charge in [-0.05, 0) is 25.7 Å². The summed E-state index contributed by atoms with van der Waals surface area (Å²) in [6.07, 6.45) is 10.2. The van der Waals surface area contributed by atoms with Gasteiger partial charge in [0.2, 0.25) is 5.91 Å². The zero-order chi connectivity index (χ0) is 36.7. The number of carbonyl (C=O) groups is 1. The molecule has 49 heavy (non-hydrogen) atoms. The topological polar surface area (TPSA) is 226 Å². The number of phosphoric acid groups is 1. The van der Waals surface area contributed by atoms with Crippen molar-refractivity contribution in [3.8, 4) is 0 Å². The van der Waals surface area contributed by atoms with Crippen molar-refractivity contribution in [3.05, 3.63) is 24.3 Å². The van der Waals surface area contributed by atoms with E-state index in [0.717, 1.165) is 44.9 Å². The highest BCUT2D eigenvalue weighted by atomic mass is 31.2. The van der Waals surface area contributed by atoms with Crippen LogP contribution in [0, 0.1) is 0 Å². The predicted octanol–water partition coefficient (Wildman–Crippen LogP) is 3.69. The van der Waals surface area contributed by atoms with Crippen molar-refractivity contribution >= 4 is 13.7 Å². The number of phosphoric ester groups is 1. The summed E-state index contributed by atoms with van der Waals surface area (Å²) >= 11 is 0. The molecule has 0 aliphatic heterocycles. The number of aliphatic hydroxyl groups excluding tert-OH is 7. The fourth-order valence-electron chi connectivity index (χ4n) is 5.71. The van der Waals surface area contributed by atoms with E-state index in [9.17, 15) is 50.0 Å². The minimum absolute atomic E-state index is 0.254. The summed E-state index contributed by atoms with van der Waals surface area (Å²) in [7, 11) is -5.11. The van der Waals surface area contributed by atoms with E-state index in [0.29, 0.717) is 12.8 Å². The molecular weight excluding hydrogens is 657 g/mol. The number of aliphatic hydroxyl groups is 7. The third kappa shape index (κ3) is 19.8. The van der Waals surface area contributed by atoms with Crippen LogP contribution in [0.2, 0.25) is 0 Å². The Balaban J connectivity index is 2.70. The van der Waals surface area contributed by atoms with E-state index in [2.05, 4.69) is 25.2 Å². The van der Waals surface area contributed by atoms with Crippen molar-refractivity contribution in [3.63, 3.8) is 0 Å². The highest BCUT2D eigenvalue weighted by molar-refractivity contribution is 7.47. The van der Waals surface area contributed by atoms with Crippen LogP contribution >= 0.6 is 7.82 Å². The van der Waals surface area contributed by atoms with Crippen molar-refractivity contribution < 1.29 is 59.0 Å². The molecule has 8 unspecified atom stereocenters. The first kappa shape index (κ1) is 45.8. The number of nitrogens with one attached hydrogen (secondary N) is 1. The van der Waals surface area contributed by atoms with Crippen LogP contribution in [0.5, 0.6) is 0 Å². The molecular formula is C35H66NO12P. The van der Waals surface area contributed by atoms with Crippen molar-refractivity contribution in [1.82, 2.24) is 5.32 Å². The second kappa shape index (κ2) is 26.5. The number of amides is 1. The first-order valence-electron chi connectivity index (χ1n) is 18.4. The van der Waals surface area contributed by atoms with Gasteiger partial charge in [0.25, 0.3) is 0 Å². The Morgan fingerprint density at radius 2 is 1.24 bits per heavy atom. The number of hydrogen-bond donors (Lipinski definition) is 9. The molecule has 14 heteroatoms. The molecule has 1 saturated carbocycles. The van der Waals surface area contributed by atoms with Crippen LogP contribution in [-0.4, -0.2) is 108 Å². The smallest absolute Gasteiger partial charge is 0.391 e. The molecule has 9 N–H and O–H groups in total. The highest BCUT2D eigenvalue weighted by Gasteiger charge is 2.51. The van der Waals surface area contributed by atoms with Crippen LogP contribution in [-0.2, 0) is 18.4 Å². The van der Waals surface area contributed by atoms with E-state index in [1.165, 1.54) is 51.0 Å². The molecule has 0 bridgehead atoms. The second-order valence-corrected chi connectivity index (χ2v) is 14.7. The van der Waals surface area contributed by atoms with Gasteiger partial charge in [-0.3, -0.25) is 13.8 Å². The lowest BCUT2D eigenvalue weighted by Crippen LogP contribution is -2.64. The minimum Gasteiger partial charge on any atom is -0.391 e. The summed E-state index contributed by atoms with van der Waals surface area (Å²) in [5, 5.41) is 73.7. The molecule has 1 aliphatic carbocycles. The van der Waals surface area contributed by atoms with Crippen molar-refractivity contribution in [1.29, 1.82) is 0 Å². The Bertz CT molecular complexity index is 953. The number of carbonyl (C=O) groups excluding carboxylic acids is 1. The summed E-state index contributed by atoms with van der Waals surface area (Å²) in [6, 6.07) is -1.18. The first-order chi connectivity index (χ1) is 23.3. The van der Waals surface area contributed by atoms with Gasteiger partial charge in [-0.2, -0.15) is 0 Å². The van der Waals surface area contributed by atoms with Gasteiger partial charge in [0.05, 0.1) is 31.3 Å². The Morgan fingerprint density at radius 1 is 0.735 bits per heavy atom. The molecule has 1 fully saturated rings. The van der Waals surface area contributed by atoms with E-state index in [4.69, 9.17) is 9.05 Å². The number of unbranched alkanes of at least 4 members (excludes halogenated alkanes) is 13. The lowest BCUT2D eigenvalue weighted by Gasteiger charge is -2.41. The van der Waals surface area contributed by atoms with Gasteiger partial charge in [-0.15, -0.1) is 0 Å². The van der Waals surface area contributed by atoms with Crippen LogP contribution in [0.1, 0.15) is 129 Å². The zero-order valence-electron chi connectivity index (χ0n) is 29.6. The van der Waals surface area contributed by atoms with Crippen LogP contribution in [0.3, 0.4) is 0 Å². The van der Waals surface area contributed by atoms with Crippen molar-refractivity contribution in [2.45, 2.75) is 184 Å². The van der Waals surface area contributed by atoms with Crippen LogP contribution in [0.15, 0.2) is 24.3 Å². The van der Waals surface area contributed by atoms with Crippen LogP contribution in [0.4, 0.5) is 0 Å². The van der Waals surface area contributed by atoms with E-state index < -0.39 is 75.2 Å². The van der Waals surface area contributed by atoms with E-state index in [1.54, 1.807) is 6.08 Å². The molecule has 1 aliphatic rings. The van der Waals surface area contributed by atoms with Crippen LogP contribution < -0.4 is 5.32 Å². The SMILES string of the molecule is CCCCCCCC/C=C\C/C=C\C(O)CC(=O)NC(COP(=O)(O)OC1C(O)C(O)C(O)C(O)C1O)C(O)CCCCCCCCCC. The fraction of sp³-hybridized carbons (Fsp3) is 0.857. The van der Waals surface area contributed by atoms with Crippen molar-refractivity contribution in [2.24, 2.45) is 0 Å². The van der Waals surface area contributed by atoms with E-state index >= 15 is 0 Å². The molecule has 0 aromatic heterocycles. The summed E-state index contributed by atoms with van der Waals surface area (Å²) in [6.45, 7) is 3.64. The average molecular weight is 724 g/mol. The summed E-state index contributed by atoms with van der Waals surface area (Å²) in [5.41, 5.74) is 0. The van der Waals surface area contributed by atoms with Gasteiger partial charge in [0.1, 0.15) is 36.6 Å². The average Bonchev–Trinajstić information content (AvgIpc) is 3.06. The van der Waals surface area contributed by atoms with E-state index in [1.807, 2.05) is 6.08 Å². The molecule has 0 aromatic rings. The Morgan fingerprint density at radius 3 is 1.82 bits per heavy atom. The molecule has 0 aromatic carbocycles. The quantitative estimate of drug-likeness (QED) is 0.0320. The molecule has 0 spiro atoms. The van der Waals surface area contributed by atoms with Gasteiger partial charge >= 0.3 is 7.82 Å². The summed E-state index contributed by atoms with van der Waals surface area (Å²) in [5.74, 6) is -0.633. The monoisotopic (exact) mass is 723 g/mol. The Kier molecular flexibility index (Phi) is 24.8. The molecule has 0 heterocycles. The molecule has 1 rings (SSSR count). The standard InChI is InChI=1S/C35H66NO12P/c1-3-5-7-9-11-13-14-15-16-18-20-22-26(37)24-29(39)36-27(28(38)23-21-19-17-12-10-8-6-4-2)25-47-49(45,46)48-35-33(43)31(41)30(40)32(42)34(35)44/h15-16,20,22,26-28,30-35,37-38,40-44H,3-14,17-19,21,23-25H2,1-2H3,(H,36,39)(H,45,46)/b16-15-,22-20-. The maximum atomic E-state index is 12.8. The normalized spacial score (nSPS) is 26.2. The largest absolute Gasteiger partial charge is 0.472 e. The zero-order valence-corrected chi connectivity index (χ0v) is 30.5. The highest BCUT2D eigenvalue weighted by Crippen LogP contribution is 2.47. The molecule has 8 atom stereocenters. The lowest BCUT2D eigenvalue weighted by molar-refractivity contribution is -0.220.